The molecule has 4 nitrogen and oxygen atoms in total. The number of ether oxygens (including phenoxy) is 1. The zero-order valence-electron chi connectivity index (χ0n) is 10.9. The summed E-state index contributed by atoms with van der Waals surface area (Å²) in [6.45, 7) is 1.94. The average Bonchev–Trinajstić information content (AvgIpc) is 2.43. The molecule has 2 rings (SSSR count). The van der Waals surface area contributed by atoms with Crippen molar-refractivity contribution in [3.05, 3.63) is 47.5 Å². The Bertz CT molecular complexity index is 644. The largest absolute Gasteiger partial charge is 0.495 e. The number of aryl methyl sites for hydroxylation is 1. The number of benzene rings is 2. The Balaban J connectivity index is 2.42. The predicted molar refractivity (Wildman–Crippen MR) is 76.6 cm³/mol. The van der Waals surface area contributed by atoms with Crippen molar-refractivity contribution in [1.82, 2.24) is 0 Å². The lowest BCUT2D eigenvalue weighted by atomic mass is 10.1. The maximum Gasteiger partial charge on any atom is 0.143 e. The number of methoxy groups -OCH3 is 1. The molecule has 19 heavy (non-hydrogen) atoms. The van der Waals surface area contributed by atoms with E-state index in [1.807, 2.05) is 31.2 Å². The molecule has 0 saturated carbocycles. The van der Waals surface area contributed by atoms with Gasteiger partial charge in [-0.3, -0.25) is 0 Å². The second kappa shape index (κ2) is 5.32. The summed E-state index contributed by atoms with van der Waals surface area (Å²) in [6, 6.07) is 13.1. The van der Waals surface area contributed by atoms with Gasteiger partial charge in [0.05, 0.1) is 18.4 Å². The molecule has 0 spiro atoms. The van der Waals surface area contributed by atoms with Crippen LogP contribution in [0.25, 0.3) is 0 Å². The first-order valence-corrected chi connectivity index (χ1v) is 5.86. The van der Waals surface area contributed by atoms with Gasteiger partial charge in [0.1, 0.15) is 11.8 Å². The predicted octanol–water partition coefficient (Wildman–Crippen LogP) is 3.20. The van der Waals surface area contributed by atoms with Crippen molar-refractivity contribution in [1.29, 1.82) is 5.26 Å². The molecule has 0 amide bonds. The van der Waals surface area contributed by atoms with E-state index in [9.17, 15) is 0 Å². The average molecular weight is 253 g/mol. The summed E-state index contributed by atoms with van der Waals surface area (Å²) in [4.78, 5) is 0. The van der Waals surface area contributed by atoms with E-state index in [1.54, 1.807) is 19.2 Å². The quantitative estimate of drug-likeness (QED) is 0.824. The maximum absolute atomic E-state index is 9.15. The number of hydrogen-bond donors (Lipinski definition) is 2. The molecule has 0 aliphatic heterocycles. The minimum Gasteiger partial charge on any atom is -0.495 e. The smallest absolute Gasteiger partial charge is 0.143 e. The molecular formula is C15H15N3O. The third-order valence-corrected chi connectivity index (χ3v) is 2.91. The van der Waals surface area contributed by atoms with Crippen LogP contribution in [-0.2, 0) is 0 Å². The van der Waals surface area contributed by atoms with Crippen LogP contribution in [-0.4, -0.2) is 7.11 Å². The van der Waals surface area contributed by atoms with Crippen molar-refractivity contribution in [2.75, 3.05) is 18.2 Å². The number of nitrogens with one attached hydrogen (secondary N) is 1. The van der Waals surface area contributed by atoms with Gasteiger partial charge in [-0.15, -0.1) is 0 Å². The maximum atomic E-state index is 9.15. The van der Waals surface area contributed by atoms with Gasteiger partial charge in [-0.2, -0.15) is 5.26 Å². The van der Waals surface area contributed by atoms with E-state index >= 15 is 0 Å². The number of nitriles is 1. The SMILES string of the molecule is COc1cccc(C#N)c1Nc1ccc(N)c(C)c1. The summed E-state index contributed by atoms with van der Waals surface area (Å²) >= 11 is 0. The van der Waals surface area contributed by atoms with Crippen molar-refractivity contribution in [2.24, 2.45) is 0 Å². The summed E-state index contributed by atoms with van der Waals surface area (Å²) in [6.07, 6.45) is 0. The zero-order chi connectivity index (χ0) is 13.8. The van der Waals surface area contributed by atoms with E-state index in [1.165, 1.54) is 0 Å². The fourth-order valence-electron chi connectivity index (χ4n) is 1.82. The molecule has 0 aliphatic carbocycles. The van der Waals surface area contributed by atoms with E-state index in [0.29, 0.717) is 17.0 Å². The van der Waals surface area contributed by atoms with Crippen LogP contribution >= 0.6 is 0 Å². The van der Waals surface area contributed by atoms with Gasteiger partial charge in [0.15, 0.2) is 0 Å². The zero-order valence-corrected chi connectivity index (χ0v) is 10.9. The first-order valence-electron chi connectivity index (χ1n) is 5.86. The highest BCUT2D eigenvalue weighted by Crippen LogP contribution is 2.31. The van der Waals surface area contributed by atoms with E-state index in [4.69, 9.17) is 15.7 Å². The van der Waals surface area contributed by atoms with E-state index in [-0.39, 0.29) is 0 Å². The molecule has 96 valence electrons. The van der Waals surface area contributed by atoms with Crippen LogP contribution in [0.2, 0.25) is 0 Å². The molecule has 0 aliphatic rings. The Morgan fingerprint density at radius 3 is 2.68 bits per heavy atom. The number of anilines is 3. The van der Waals surface area contributed by atoms with Crippen molar-refractivity contribution in [2.45, 2.75) is 6.92 Å². The molecule has 0 radical (unpaired) electrons. The van der Waals surface area contributed by atoms with Gasteiger partial charge in [-0.25, -0.2) is 0 Å². The molecule has 2 aromatic rings. The Morgan fingerprint density at radius 2 is 2.05 bits per heavy atom. The number of nitrogen functional groups attached to an aromatic ring is 1. The van der Waals surface area contributed by atoms with Crippen LogP contribution < -0.4 is 15.8 Å². The standard InChI is InChI=1S/C15H15N3O/c1-10-8-12(6-7-13(10)17)18-15-11(9-16)4-3-5-14(15)19-2/h3-8,18H,17H2,1-2H3. The summed E-state index contributed by atoms with van der Waals surface area (Å²) in [7, 11) is 1.58. The van der Waals surface area contributed by atoms with Gasteiger partial charge in [0.2, 0.25) is 0 Å². The van der Waals surface area contributed by atoms with E-state index < -0.39 is 0 Å². The number of nitrogens with two attached hydrogens (primary N) is 1. The highest BCUT2D eigenvalue weighted by molar-refractivity contribution is 5.74. The van der Waals surface area contributed by atoms with Crippen molar-refractivity contribution in [3.8, 4) is 11.8 Å². The third-order valence-electron chi connectivity index (χ3n) is 2.91. The Kier molecular flexibility index (Phi) is 3.58. The Hall–Kier alpha value is -2.67. The van der Waals surface area contributed by atoms with Gasteiger partial charge < -0.3 is 15.8 Å². The Labute approximate surface area is 112 Å². The fraction of sp³-hybridized carbons (Fsp3) is 0.133. The van der Waals surface area contributed by atoms with Gasteiger partial charge in [-0.1, -0.05) is 6.07 Å². The summed E-state index contributed by atoms with van der Waals surface area (Å²) < 4.78 is 5.28. The molecule has 0 aromatic heterocycles. The fourth-order valence-corrected chi connectivity index (χ4v) is 1.82. The van der Waals surface area contributed by atoms with Crippen molar-refractivity contribution < 1.29 is 4.74 Å². The highest BCUT2D eigenvalue weighted by atomic mass is 16.5. The van der Waals surface area contributed by atoms with Crippen LogP contribution in [0.5, 0.6) is 5.75 Å². The normalized spacial score (nSPS) is 9.74. The molecule has 4 heteroatoms. The van der Waals surface area contributed by atoms with Gasteiger partial charge >= 0.3 is 0 Å². The van der Waals surface area contributed by atoms with Crippen LogP contribution in [0.3, 0.4) is 0 Å². The summed E-state index contributed by atoms with van der Waals surface area (Å²) in [5.74, 6) is 0.633. The van der Waals surface area contributed by atoms with Crippen LogP contribution in [0.4, 0.5) is 17.1 Å². The first kappa shape index (κ1) is 12.8. The molecule has 0 saturated heterocycles. The van der Waals surface area contributed by atoms with Crippen LogP contribution in [0.1, 0.15) is 11.1 Å². The second-order valence-electron chi connectivity index (χ2n) is 4.19. The monoisotopic (exact) mass is 253 g/mol. The van der Waals surface area contributed by atoms with Gasteiger partial charge in [0, 0.05) is 11.4 Å². The molecule has 0 fully saturated rings. The number of nitrogens with zero attached hydrogens (tertiary/aromatic N) is 1. The van der Waals surface area contributed by atoms with Gasteiger partial charge in [0.25, 0.3) is 0 Å². The molecule has 0 unspecified atom stereocenters. The first-order chi connectivity index (χ1) is 9.15. The Morgan fingerprint density at radius 1 is 1.26 bits per heavy atom. The molecule has 0 bridgehead atoms. The second-order valence-corrected chi connectivity index (χ2v) is 4.19. The summed E-state index contributed by atoms with van der Waals surface area (Å²) in [5, 5.41) is 12.4. The van der Waals surface area contributed by atoms with Crippen molar-refractivity contribution in [3.63, 3.8) is 0 Å². The lowest BCUT2D eigenvalue weighted by Gasteiger charge is -2.13. The van der Waals surface area contributed by atoms with Crippen LogP contribution in [0, 0.1) is 18.3 Å². The van der Waals surface area contributed by atoms with Crippen LogP contribution in [0.15, 0.2) is 36.4 Å². The summed E-state index contributed by atoms with van der Waals surface area (Å²) in [5.41, 5.74) is 9.58. The number of hydrogen-bond acceptors (Lipinski definition) is 4. The minimum atomic E-state index is 0.536. The molecule has 3 N–H and O–H groups in total. The topological polar surface area (TPSA) is 71.1 Å². The molecular weight excluding hydrogens is 238 g/mol. The molecule has 0 heterocycles. The molecule has 2 aromatic carbocycles. The molecule has 0 atom stereocenters. The minimum absolute atomic E-state index is 0.536. The van der Waals surface area contributed by atoms with Crippen molar-refractivity contribution >= 4 is 17.1 Å². The van der Waals surface area contributed by atoms with E-state index in [2.05, 4.69) is 11.4 Å². The number of rotatable bonds is 3. The number of para-hydroxylation sites is 1. The van der Waals surface area contributed by atoms with E-state index in [0.717, 1.165) is 16.9 Å². The lowest BCUT2D eigenvalue weighted by Crippen LogP contribution is -1.98. The van der Waals surface area contributed by atoms with Gasteiger partial charge in [-0.05, 0) is 42.8 Å². The third kappa shape index (κ3) is 2.61. The highest BCUT2D eigenvalue weighted by Gasteiger charge is 2.09. The lowest BCUT2D eigenvalue weighted by molar-refractivity contribution is 0.416.